The van der Waals surface area contributed by atoms with Gasteiger partial charge in [-0.25, -0.2) is 8.42 Å². The highest BCUT2D eigenvalue weighted by Gasteiger charge is 2.29. The van der Waals surface area contributed by atoms with Gasteiger partial charge in [0.05, 0.1) is 11.5 Å². The summed E-state index contributed by atoms with van der Waals surface area (Å²) >= 11 is 1.65. The summed E-state index contributed by atoms with van der Waals surface area (Å²) in [5, 5.41) is 13.3. The number of hydrogen-bond donors (Lipinski definition) is 2. The first-order chi connectivity index (χ1) is 11.5. The summed E-state index contributed by atoms with van der Waals surface area (Å²) in [5.74, 6) is -0.403. The Kier molecular flexibility index (Phi) is 5.00. The zero-order chi connectivity index (χ0) is 17.2. The second-order valence-corrected chi connectivity index (χ2v) is 8.40. The van der Waals surface area contributed by atoms with Gasteiger partial charge < -0.3 is 10.4 Å². The van der Waals surface area contributed by atoms with Crippen LogP contribution in [0.25, 0.3) is 0 Å². The predicted molar refractivity (Wildman–Crippen MR) is 91.5 cm³/mol. The van der Waals surface area contributed by atoms with E-state index in [0.29, 0.717) is 19.5 Å². The average Bonchev–Trinajstić information content (AvgIpc) is 3.07. The monoisotopic (exact) mass is 366 g/mol. The molecule has 1 aromatic heterocycles. The Labute approximate surface area is 144 Å². The zero-order valence-electron chi connectivity index (χ0n) is 12.9. The van der Waals surface area contributed by atoms with E-state index in [4.69, 9.17) is 5.11 Å². The van der Waals surface area contributed by atoms with Gasteiger partial charge in [0.15, 0.2) is 0 Å². The van der Waals surface area contributed by atoms with Crippen LogP contribution in [-0.4, -0.2) is 43.4 Å². The third-order valence-corrected chi connectivity index (χ3v) is 6.77. The minimum atomic E-state index is -3.65. The van der Waals surface area contributed by atoms with Crippen molar-refractivity contribution in [1.29, 1.82) is 0 Å². The van der Waals surface area contributed by atoms with Crippen molar-refractivity contribution in [2.45, 2.75) is 17.9 Å². The molecule has 0 bridgehead atoms. The van der Waals surface area contributed by atoms with E-state index < -0.39 is 15.9 Å². The molecule has 0 spiro atoms. The molecule has 0 aliphatic carbocycles. The maximum atomic E-state index is 12.9. The zero-order valence-corrected chi connectivity index (χ0v) is 14.6. The molecule has 2 N–H and O–H groups in total. The molecule has 0 saturated carbocycles. The predicted octanol–water partition coefficient (Wildman–Crippen LogP) is 1.22. The fraction of sp³-hybridized carbons (Fsp3) is 0.312. The van der Waals surface area contributed by atoms with Crippen molar-refractivity contribution in [2.75, 3.05) is 19.7 Å². The number of sulfonamides is 1. The number of aliphatic hydroxyl groups is 1. The minimum absolute atomic E-state index is 0.109. The van der Waals surface area contributed by atoms with Crippen LogP contribution in [0.4, 0.5) is 0 Å². The number of amides is 1. The topological polar surface area (TPSA) is 86.7 Å². The second-order valence-electron chi connectivity index (χ2n) is 5.46. The number of fused-ring (bicyclic) bond motifs is 1. The Morgan fingerprint density at radius 3 is 2.96 bits per heavy atom. The Morgan fingerprint density at radius 1 is 1.33 bits per heavy atom. The number of benzene rings is 1. The molecule has 0 unspecified atom stereocenters. The largest absolute Gasteiger partial charge is 0.395 e. The molecule has 1 aliphatic heterocycles. The van der Waals surface area contributed by atoms with Crippen LogP contribution < -0.4 is 5.32 Å². The number of rotatable bonds is 5. The Balaban J connectivity index is 1.84. The standard InChI is InChI=1S/C16H18N2O4S2/c19-8-6-17-16(20)12-2-1-3-14(10-12)24(21,22)18-7-4-15-13(11-18)5-9-23-15/h1-3,5,9-10,19H,4,6-8,11H2,(H,17,20). The van der Waals surface area contributed by atoms with Gasteiger partial charge >= 0.3 is 0 Å². The summed E-state index contributed by atoms with van der Waals surface area (Å²) in [5.41, 5.74) is 1.31. The molecule has 24 heavy (non-hydrogen) atoms. The summed E-state index contributed by atoms with van der Waals surface area (Å²) in [6, 6.07) is 7.95. The third kappa shape index (κ3) is 3.36. The van der Waals surface area contributed by atoms with Gasteiger partial charge in [0.2, 0.25) is 10.0 Å². The van der Waals surface area contributed by atoms with Gasteiger partial charge in [0.25, 0.3) is 5.91 Å². The van der Waals surface area contributed by atoms with Gasteiger partial charge in [0, 0.05) is 30.1 Å². The quantitative estimate of drug-likeness (QED) is 0.833. The molecule has 0 fully saturated rings. The lowest BCUT2D eigenvalue weighted by molar-refractivity contribution is 0.0944. The van der Waals surface area contributed by atoms with Crippen molar-refractivity contribution >= 4 is 27.3 Å². The lowest BCUT2D eigenvalue weighted by atomic mass is 10.1. The lowest BCUT2D eigenvalue weighted by Gasteiger charge is -2.26. The highest BCUT2D eigenvalue weighted by molar-refractivity contribution is 7.89. The maximum Gasteiger partial charge on any atom is 0.251 e. The van der Waals surface area contributed by atoms with Gasteiger partial charge in [-0.05, 0) is 41.6 Å². The van der Waals surface area contributed by atoms with E-state index >= 15 is 0 Å². The highest BCUT2D eigenvalue weighted by atomic mass is 32.2. The molecule has 1 amide bonds. The van der Waals surface area contributed by atoms with Crippen LogP contribution in [0.2, 0.25) is 0 Å². The van der Waals surface area contributed by atoms with Crippen molar-refractivity contribution in [3.05, 3.63) is 51.7 Å². The summed E-state index contributed by atoms with van der Waals surface area (Å²) in [6.07, 6.45) is 0.711. The lowest BCUT2D eigenvalue weighted by Crippen LogP contribution is -2.35. The van der Waals surface area contributed by atoms with Gasteiger partial charge in [0.1, 0.15) is 0 Å². The number of carbonyl (C=O) groups excluding carboxylic acids is 1. The van der Waals surface area contributed by atoms with Crippen molar-refractivity contribution in [3.8, 4) is 0 Å². The molecule has 2 heterocycles. The number of nitrogens with one attached hydrogen (secondary N) is 1. The van der Waals surface area contributed by atoms with Gasteiger partial charge in [-0.15, -0.1) is 11.3 Å². The van der Waals surface area contributed by atoms with Gasteiger partial charge in [-0.3, -0.25) is 4.79 Å². The van der Waals surface area contributed by atoms with Crippen molar-refractivity contribution in [2.24, 2.45) is 0 Å². The van der Waals surface area contributed by atoms with Crippen molar-refractivity contribution < 1.29 is 18.3 Å². The Bertz CT molecular complexity index is 845. The maximum absolute atomic E-state index is 12.9. The second kappa shape index (κ2) is 7.02. The first kappa shape index (κ1) is 17.1. The SMILES string of the molecule is O=C(NCCO)c1cccc(S(=O)(=O)N2CCc3sccc3C2)c1. The molecule has 6 nitrogen and oxygen atoms in total. The van der Waals surface area contributed by atoms with Crippen LogP contribution in [0.5, 0.6) is 0 Å². The van der Waals surface area contributed by atoms with E-state index in [2.05, 4.69) is 5.32 Å². The first-order valence-electron chi connectivity index (χ1n) is 7.57. The number of nitrogens with zero attached hydrogens (tertiary/aromatic N) is 1. The molecule has 1 aliphatic rings. The molecule has 1 aromatic carbocycles. The van der Waals surface area contributed by atoms with E-state index in [9.17, 15) is 13.2 Å². The normalized spacial score (nSPS) is 15.0. The minimum Gasteiger partial charge on any atom is -0.395 e. The van der Waals surface area contributed by atoms with Crippen LogP contribution in [0.1, 0.15) is 20.8 Å². The molecule has 8 heteroatoms. The fourth-order valence-electron chi connectivity index (χ4n) is 2.65. The van der Waals surface area contributed by atoms with E-state index in [1.165, 1.54) is 21.3 Å². The first-order valence-corrected chi connectivity index (χ1v) is 9.89. The van der Waals surface area contributed by atoms with E-state index in [1.807, 2.05) is 11.4 Å². The van der Waals surface area contributed by atoms with Gasteiger partial charge in [-0.2, -0.15) is 4.31 Å². The molecular weight excluding hydrogens is 348 g/mol. The van der Waals surface area contributed by atoms with Crippen LogP contribution in [0, 0.1) is 0 Å². The van der Waals surface area contributed by atoms with Crippen LogP contribution >= 0.6 is 11.3 Å². The number of carbonyl (C=O) groups is 1. The van der Waals surface area contributed by atoms with E-state index in [0.717, 1.165) is 5.56 Å². The molecule has 2 aromatic rings. The van der Waals surface area contributed by atoms with Crippen molar-refractivity contribution in [3.63, 3.8) is 0 Å². The third-order valence-electron chi connectivity index (χ3n) is 3.90. The smallest absolute Gasteiger partial charge is 0.251 e. The molecule has 128 valence electrons. The molecular formula is C16H18N2O4S2. The molecule has 3 rings (SSSR count). The summed E-state index contributed by atoms with van der Waals surface area (Å²) < 4.78 is 27.2. The molecule has 0 atom stereocenters. The van der Waals surface area contributed by atoms with Crippen LogP contribution in [0.3, 0.4) is 0 Å². The fourth-order valence-corrected chi connectivity index (χ4v) is 5.00. The van der Waals surface area contributed by atoms with E-state index in [1.54, 1.807) is 23.5 Å². The summed E-state index contributed by atoms with van der Waals surface area (Å²) in [6.45, 7) is 0.766. The van der Waals surface area contributed by atoms with Crippen molar-refractivity contribution in [1.82, 2.24) is 9.62 Å². The molecule has 0 radical (unpaired) electrons. The van der Waals surface area contributed by atoms with Crippen LogP contribution in [0.15, 0.2) is 40.6 Å². The summed E-state index contributed by atoms with van der Waals surface area (Å²) in [7, 11) is -3.65. The average molecular weight is 366 g/mol. The number of hydrogen-bond acceptors (Lipinski definition) is 5. The van der Waals surface area contributed by atoms with Crippen LogP contribution in [-0.2, 0) is 23.0 Å². The number of aliphatic hydroxyl groups excluding tert-OH is 1. The Hall–Kier alpha value is -1.74. The van der Waals surface area contributed by atoms with Gasteiger partial charge in [-0.1, -0.05) is 6.07 Å². The Morgan fingerprint density at radius 2 is 2.17 bits per heavy atom. The van der Waals surface area contributed by atoms with E-state index in [-0.39, 0.29) is 23.6 Å². The number of thiophene rings is 1. The highest BCUT2D eigenvalue weighted by Crippen LogP contribution is 2.28. The summed E-state index contributed by atoms with van der Waals surface area (Å²) in [4.78, 5) is 13.3. The molecule has 0 saturated heterocycles.